The van der Waals surface area contributed by atoms with E-state index >= 15 is 0 Å². The summed E-state index contributed by atoms with van der Waals surface area (Å²) in [6, 6.07) is -0.279. The Morgan fingerprint density at radius 2 is 1.00 bits per heavy atom. The summed E-state index contributed by atoms with van der Waals surface area (Å²) in [4.78, 5) is 117. The van der Waals surface area contributed by atoms with Crippen molar-refractivity contribution < 1.29 is 38.4 Å². The monoisotopic (exact) mass is 977 g/mol. The van der Waals surface area contributed by atoms with Gasteiger partial charge in [0.1, 0.15) is 0 Å². The molecule has 12 heteroatoms. The van der Waals surface area contributed by atoms with E-state index in [1.54, 1.807) is 16.8 Å². The van der Waals surface area contributed by atoms with Crippen LogP contribution in [0.25, 0.3) is 0 Å². The average molecular weight is 977 g/mol. The molecule has 0 spiro atoms. The molecule has 5 rings (SSSR count). The van der Waals surface area contributed by atoms with E-state index in [0.717, 1.165) is 103 Å². The van der Waals surface area contributed by atoms with Crippen molar-refractivity contribution in [3.05, 3.63) is 0 Å². The lowest BCUT2D eigenvalue weighted by atomic mass is 9.78. The first-order valence-electron chi connectivity index (χ1n) is 29.0. The maximum atomic E-state index is 14.5. The Bertz CT molecular complexity index is 1750. The Kier molecular flexibility index (Phi) is 24.1. The van der Waals surface area contributed by atoms with Gasteiger partial charge in [0.25, 0.3) is 0 Å². The number of amides is 8. The van der Waals surface area contributed by atoms with Gasteiger partial charge in [-0.2, -0.15) is 0 Å². The minimum absolute atomic E-state index is 0.00946. The van der Waals surface area contributed by atoms with E-state index in [1.807, 2.05) is 13.8 Å². The van der Waals surface area contributed by atoms with Crippen molar-refractivity contribution >= 4 is 47.3 Å². The molecular weight excluding hydrogens is 881 g/mol. The second-order valence-corrected chi connectivity index (χ2v) is 23.2. The van der Waals surface area contributed by atoms with Crippen LogP contribution in [-0.4, -0.2) is 92.5 Å². The summed E-state index contributed by atoms with van der Waals surface area (Å²) in [6.45, 7) is 10.2. The second kappa shape index (κ2) is 29.3. The fourth-order valence-electron chi connectivity index (χ4n) is 13.0. The Balaban J connectivity index is 1.19. The normalized spacial score (nSPS) is 30.3. The molecule has 10 atom stereocenters. The summed E-state index contributed by atoms with van der Waals surface area (Å²) < 4.78 is 0. The number of hydrogen-bond donors (Lipinski definition) is 0. The first-order chi connectivity index (χ1) is 33.6. The van der Waals surface area contributed by atoms with Crippen LogP contribution in [0.15, 0.2) is 0 Å². The summed E-state index contributed by atoms with van der Waals surface area (Å²) in [6.07, 6.45) is 27.8. The summed E-state index contributed by atoms with van der Waals surface area (Å²) >= 11 is 0. The molecule has 0 aromatic heterocycles. The largest absolute Gasteiger partial charge is 0.285 e. The third-order valence-corrected chi connectivity index (χ3v) is 17.6. The molecule has 3 saturated heterocycles. The number of unbranched alkanes of at least 4 members (excludes halogenated alkanes) is 6. The number of carbonyl (C=O) groups excluding carboxylic acids is 8. The first-order valence-corrected chi connectivity index (χ1v) is 29.0. The van der Waals surface area contributed by atoms with Gasteiger partial charge in [-0.15, -0.1) is 0 Å². The van der Waals surface area contributed by atoms with Gasteiger partial charge in [-0.1, -0.05) is 143 Å². The quantitative estimate of drug-likeness (QED) is 0.116. The van der Waals surface area contributed by atoms with Crippen molar-refractivity contribution in [3.8, 4) is 0 Å². The van der Waals surface area contributed by atoms with Crippen LogP contribution in [0.5, 0.6) is 0 Å². The zero-order valence-corrected chi connectivity index (χ0v) is 44.9. The molecule has 0 aromatic carbocycles. The van der Waals surface area contributed by atoms with Gasteiger partial charge >= 0.3 is 0 Å². The van der Waals surface area contributed by atoms with Crippen LogP contribution in [0.3, 0.4) is 0 Å². The number of rotatable bonds is 15. The fourth-order valence-corrected chi connectivity index (χ4v) is 13.0. The highest BCUT2D eigenvalue weighted by molar-refractivity contribution is 6.01. The zero-order valence-electron chi connectivity index (χ0n) is 44.9. The van der Waals surface area contributed by atoms with Crippen molar-refractivity contribution in [2.75, 3.05) is 13.6 Å². The highest BCUT2D eigenvalue weighted by atomic mass is 16.2. The van der Waals surface area contributed by atoms with Crippen molar-refractivity contribution in [2.24, 2.45) is 47.3 Å². The summed E-state index contributed by atoms with van der Waals surface area (Å²) in [5.41, 5.74) is 0. The van der Waals surface area contributed by atoms with Gasteiger partial charge in [0.15, 0.2) is 0 Å². The minimum Gasteiger partial charge on any atom is -0.285 e. The number of imide groups is 4. The number of hydrogen-bond acceptors (Lipinski definition) is 8. The molecule has 5 aliphatic rings. The van der Waals surface area contributed by atoms with Gasteiger partial charge < -0.3 is 0 Å². The second-order valence-electron chi connectivity index (χ2n) is 23.2. The van der Waals surface area contributed by atoms with Gasteiger partial charge in [0.05, 0.1) is 0 Å². The number of likely N-dealkylation sites (tertiary alicyclic amines) is 2. The van der Waals surface area contributed by atoms with E-state index in [2.05, 4.69) is 13.8 Å². The lowest BCUT2D eigenvalue weighted by Crippen LogP contribution is -2.54. The standard InChI is InChI=1S/C58H96N4O8/c1-7-8-9-15-30-50(61(44(5)63)56(68)45-27-19-20-28-46-39-48(37-36-45)55(67)59(6)54(46)66)31-17-12-13-22-38-60-52(64)42(3)26-23-29-47-40-49(35-34-43(4)53(60)65)58(70)62(57(47)69)51-32-16-11-10-14-24-41(2)25-18-21-33-51/h41-43,45-51H,7-40H2,1-6H3/t41?,42?,43?,45-,46?,47-,48?,49+,50?,51+/m1/s1. The van der Waals surface area contributed by atoms with Crippen LogP contribution in [0.2, 0.25) is 0 Å². The van der Waals surface area contributed by atoms with E-state index in [-0.39, 0.29) is 94.8 Å². The van der Waals surface area contributed by atoms with E-state index in [0.29, 0.717) is 95.9 Å². The van der Waals surface area contributed by atoms with Crippen molar-refractivity contribution in [1.82, 2.24) is 19.6 Å². The smallest absolute Gasteiger partial charge is 0.232 e. The molecule has 4 bridgehead atoms. The molecular formula is C58H96N4O8. The summed E-state index contributed by atoms with van der Waals surface area (Å²) in [7, 11) is 1.58. The number of fused-ring (bicyclic) bond motifs is 4. The number of carbonyl (C=O) groups is 8. The van der Waals surface area contributed by atoms with E-state index in [9.17, 15) is 38.4 Å². The molecule has 0 aromatic rings. The van der Waals surface area contributed by atoms with Gasteiger partial charge in [0, 0.05) is 74.0 Å². The van der Waals surface area contributed by atoms with Crippen LogP contribution in [0, 0.1) is 47.3 Å². The zero-order chi connectivity index (χ0) is 50.7. The average Bonchev–Trinajstić information content (AvgIpc) is 3.34. The Hall–Kier alpha value is -3.44. The molecule has 2 aliphatic carbocycles. The lowest BCUT2D eigenvalue weighted by molar-refractivity contribution is -0.160. The van der Waals surface area contributed by atoms with E-state index in [1.165, 1.54) is 42.4 Å². The molecule has 2 saturated carbocycles. The molecule has 0 N–H and O–H groups in total. The third kappa shape index (κ3) is 16.3. The van der Waals surface area contributed by atoms with Crippen LogP contribution in [-0.2, 0) is 38.4 Å². The fraction of sp³-hybridized carbons (Fsp3) is 0.862. The first kappa shape index (κ1) is 57.5. The van der Waals surface area contributed by atoms with Gasteiger partial charge in [-0.05, 0) is 102 Å². The molecule has 8 amide bonds. The number of nitrogens with zero attached hydrogens (tertiary/aromatic N) is 4. The van der Waals surface area contributed by atoms with E-state index < -0.39 is 5.92 Å². The van der Waals surface area contributed by atoms with Crippen molar-refractivity contribution in [3.63, 3.8) is 0 Å². The van der Waals surface area contributed by atoms with Crippen LogP contribution in [0.4, 0.5) is 0 Å². The third-order valence-electron chi connectivity index (χ3n) is 17.6. The molecule has 6 unspecified atom stereocenters. The van der Waals surface area contributed by atoms with Crippen molar-refractivity contribution in [1.29, 1.82) is 0 Å². The Morgan fingerprint density at radius 3 is 1.64 bits per heavy atom. The summed E-state index contributed by atoms with van der Waals surface area (Å²) in [5, 5.41) is 0. The molecule has 396 valence electrons. The topological polar surface area (TPSA) is 150 Å². The number of piperidine rings is 2. The predicted molar refractivity (Wildman–Crippen MR) is 274 cm³/mol. The van der Waals surface area contributed by atoms with Crippen LogP contribution < -0.4 is 0 Å². The Morgan fingerprint density at radius 1 is 0.514 bits per heavy atom. The molecule has 0 radical (unpaired) electrons. The van der Waals surface area contributed by atoms with Gasteiger partial charge in [-0.25, -0.2) is 0 Å². The molecule has 3 aliphatic heterocycles. The summed E-state index contributed by atoms with van der Waals surface area (Å²) in [5.74, 6) is -2.34. The predicted octanol–water partition coefficient (Wildman–Crippen LogP) is 11.7. The lowest BCUT2D eigenvalue weighted by Gasteiger charge is -2.40. The Labute approximate surface area is 423 Å². The van der Waals surface area contributed by atoms with Crippen molar-refractivity contribution in [2.45, 2.75) is 259 Å². The van der Waals surface area contributed by atoms with Gasteiger partial charge in [-0.3, -0.25) is 58.0 Å². The van der Waals surface area contributed by atoms with E-state index in [4.69, 9.17) is 0 Å². The SMILES string of the molecule is CCCCCCC(CCCCCCN1C(=O)C(C)CCC[C@@H]2C[C@H](CCC(C)C1=O)C(=O)N([C@H]1CCCCCCC(C)CCCC1)C2=O)N(C(C)=O)C(=O)[C@@H]1CCCCC2CC(CC1)C(=O)N(C)C2=O. The maximum absolute atomic E-state index is 14.5. The highest BCUT2D eigenvalue weighted by Crippen LogP contribution is 2.38. The minimum atomic E-state index is -0.432. The van der Waals surface area contributed by atoms with Crippen LogP contribution in [0.1, 0.15) is 247 Å². The maximum Gasteiger partial charge on any atom is 0.232 e. The molecule has 12 nitrogen and oxygen atoms in total. The van der Waals surface area contributed by atoms with Gasteiger partial charge in [0.2, 0.25) is 47.3 Å². The highest BCUT2D eigenvalue weighted by Gasteiger charge is 2.45. The molecule has 3 heterocycles. The molecule has 70 heavy (non-hydrogen) atoms. The van der Waals surface area contributed by atoms with Crippen LogP contribution >= 0.6 is 0 Å². The molecule has 5 fully saturated rings.